The summed E-state index contributed by atoms with van der Waals surface area (Å²) in [4.78, 5) is 2.62. The first-order valence-electron chi connectivity index (χ1n) is 10.3. The summed E-state index contributed by atoms with van der Waals surface area (Å²) in [6.45, 7) is 7.54. The lowest BCUT2D eigenvalue weighted by molar-refractivity contribution is -0.00333. The van der Waals surface area contributed by atoms with Gasteiger partial charge >= 0.3 is 0 Å². The molecular formula is C21H39NO. The Kier molecular flexibility index (Phi) is 8.68. The Morgan fingerprint density at radius 3 is 1.96 bits per heavy atom. The first-order chi connectivity index (χ1) is 11.2. The molecule has 0 aromatic rings. The highest BCUT2D eigenvalue weighted by molar-refractivity contribution is 5.01. The second kappa shape index (κ2) is 10.5. The second-order valence-corrected chi connectivity index (χ2v) is 7.97. The molecule has 0 radical (unpaired) electrons. The molecule has 1 N–H and O–H groups in total. The minimum atomic E-state index is -0.647. The number of hydrogen-bond acceptors (Lipinski definition) is 2. The third-order valence-electron chi connectivity index (χ3n) is 6.12. The largest absolute Gasteiger partial charge is 0.385 e. The Balaban J connectivity index is 1.99. The van der Waals surface area contributed by atoms with E-state index >= 15 is 0 Å². The Morgan fingerprint density at radius 1 is 0.826 bits per heavy atom. The predicted octanol–water partition coefficient (Wildman–Crippen LogP) is 5.31. The number of rotatable bonds is 3. The minimum absolute atomic E-state index is 0.373. The van der Waals surface area contributed by atoms with Gasteiger partial charge in [0.05, 0.1) is 5.60 Å². The normalized spacial score (nSPS) is 33.2. The molecule has 0 bridgehead atoms. The summed E-state index contributed by atoms with van der Waals surface area (Å²) in [5.74, 6) is 0.373. The Hall–Kier alpha value is -0.340. The van der Waals surface area contributed by atoms with Crippen molar-refractivity contribution in [3.8, 4) is 0 Å². The van der Waals surface area contributed by atoms with Gasteiger partial charge in [0.1, 0.15) is 0 Å². The predicted molar refractivity (Wildman–Crippen MR) is 99.7 cm³/mol. The molecule has 1 aliphatic heterocycles. The van der Waals surface area contributed by atoms with Crippen LogP contribution in [-0.4, -0.2) is 35.2 Å². The number of aliphatic hydroxyl groups is 1. The van der Waals surface area contributed by atoms with E-state index in [4.69, 9.17) is 0 Å². The van der Waals surface area contributed by atoms with Gasteiger partial charge in [0.15, 0.2) is 0 Å². The molecule has 2 fully saturated rings. The fourth-order valence-electron chi connectivity index (χ4n) is 4.46. The van der Waals surface area contributed by atoms with Gasteiger partial charge in [-0.3, -0.25) is 0 Å². The molecule has 0 amide bonds. The van der Waals surface area contributed by atoms with Gasteiger partial charge in [-0.1, -0.05) is 70.3 Å². The van der Waals surface area contributed by atoms with Crippen LogP contribution in [0.5, 0.6) is 0 Å². The number of nitrogens with zero attached hydrogens (tertiary/aromatic N) is 1. The first-order valence-corrected chi connectivity index (χ1v) is 10.3. The highest BCUT2D eigenvalue weighted by atomic mass is 16.3. The van der Waals surface area contributed by atoms with Crippen molar-refractivity contribution in [2.75, 3.05) is 19.6 Å². The van der Waals surface area contributed by atoms with Crippen molar-refractivity contribution in [3.05, 3.63) is 12.7 Å². The van der Waals surface area contributed by atoms with E-state index < -0.39 is 5.60 Å². The smallest absolute Gasteiger partial charge is 0.0865 e. The zero-order valence-electron chi connectivity index (χ0n) is 15.3. The van der Waals surface area contributed by atoms with Crippen molar-refractivity contribution in [1.82, 2.24) is 4.90 Å². The zero-order chi connectivity index (χ0) is 16.4. The average molecular weight is 322 g/mol. The van der Waals surface area contributed by atoms with Crippen molar-refractivity contribution < 1.29 is 5.11 Å². The van der Waals surface area contributed by atoms with Crippen LogP contribution < -0.4 is 0 Å². The van der Waals surface area contributed by atoms with E-state index in [1.165, 1.54) is 90.1 Å². The summed E-state index contributed by atoms with van der Waals surface area (Å²) in [5.41, 5.74) is -0.647. The molecule has 0 aromatic carbocycles. The van der Waals surface area contributed by atoms with Gasteiger partial charge in [0, 0.05) is 12.5 Å². The first kappa shape index (κ1) is 19.0. The van der Waals surface area contributed by atoms with Gasteiger partial charge in [0.25, 0.3) is 0 Å². The molecule has 2 atom stereocenters. The molecule has 1 saturated carbocycles. The van der Waals surface area contributed by atoms with E-state index in [9.17, 15) is 5.11 Å². The Labute approximate surface area is 144 Å². The van der Waals surface area contributed by atoms with Crippen LogP contribution in [0.1, 0.15) is 89.9 Å². The van der Waals surface area contributed by atoms with Gasteiger partial charge in [-0.05, 0) is 38.8 Å². The molecule has 1 saturated heterocycles. The molecule has 0 spiro atoms. The van der Waals surface area contributed by atoms with Crippen LogP contribution >= 0.6 is 0 Å². The van der Waals surface area contributed by atoms with E-state index in [0.29, 0.717) is 5.92 Å². The van der Waals surface area contributed by atoms with Gasteiger partial charge < -0.3 is 10.0 Å². The minimum Gasteiger partial charge on any atom is -0.385 e. The van der Waals surface area contributed by atoms with Crippen LogP contribution in [0.25, 0.3) is 0 Å². The molecule has 2 aliphatic rings. The SMILES string of the molecule is C=CC1(O)CCCCCCCCCCC1CN1CCCCCC1. The maximum Gasteiger partial charge on any atom is 0.0865 e. The third-order valence-corrected chi connectivity index (χ3v) is 6.12. The average Bonchev–Trinajstić information content (AvgIpc) is 2.82. The number of likely N-dealkylation sites (tertiary alicyclic amines) is 1. The molecule has 2 unspecified atom stereocenters. The Bertz CT molecular complexity index is 322. The molecule has 23 heavy (non-hydrogen) atoms. The zero-order valence-corrected chi connectivity index (χ0v) is 15.3. The van der Waals surface area contributed by atoms with Crippen LogP contribution in [0.2, 0.25) is 0 Å². The quantitative estimate of drug-likeness (QED) is 0.712. The van der Waals surface area contributed by atoms with Gasteiger partial charge in [-0.25, -0.2) is 0 Å². The molecule has 0 aromatic heterocycles. The topological polar surface area (TPSA) is 23.5 Å². The molecule has 2 heteroatoms. The van der Waals surface area contributed by atoms with E-state index in [-0.39, 0.29) is 0 Å². The van der Waals surface area contributed by atoms with Gasteiger partial charge in [-0.15, -0.1) is 6.58 Å². The van der Waals surface area contributed by atoms with E-state index in [1.54, 1.807) is 0 Å². The second-order valence-electron chi connectivity index (χ2n) is 7.97. The highest BCUT2D eigenvalue weighted by Gasteiger charge is 2.34. The van der Waals surface area contributed by atoms with Crippen molar-refractivity contribution in [3.63, 3.8) is 0 Å². The van der Waals surface area contributed by atoms with Crippen LogP contribution in [0, 0.1) is 5.92 Å². The van der Waals surface area contributed by atoms with Crippen LogP contribution in [0.4, 0.5) is 0 Å². The van der Waals surface area contributed by atoms with Crippen LogP contribution in [-0.2, 0) is 0 Å². The fraction of sp³-hybridized carbons (Fsp3) is 0.905. The molecule has 2 rings (SSSR count). The lowest BCUT2D eigenvalue weighted by atomic mass is 9.79. The lowest BCUT2D eigenvalue weighted by Crippen LogP contribution is -2.43. The van der Waals surface area contributed by atoms with E-state index in [2.05, 4.69) is 11.5 Å². The highest BCUT2D eigenvalue weighted by Crippen LogP contribution is 2.32. The van der Waals surface area contributed by atoms with Crippen LogP contribution in [0.3, 0.4) is 0 Å². The maximum absolute atomic E-state index is 11.3. The maximum atomic E-state index is 11.3. The molecule has 2 nitrogen and oxygen atoms in total. The van der Waals surface area contributed by atoms with Crippen molar-refractivity contribution >= 4 is 0 Å². The summed E-state index contributed by atoms with van der Waals surface area (Å²) in [6, 6.07) is 0. The summed E-state index contributed by atoms with van der Waals surface area (Å²) in [6.07, 6.45) is 19.9. The molecule has 134 valence electrons. The summed E-state index contributed by atoms with van der Waals surface area (Å²) >= 11 is 0. The fourth-order valence-corrected chi connectivity index (χ4v) is 4.46. The Morgan fingerprint density at radius 2 is 1.35 bits per heavy atom. The summed E-state index contributed by atoms with van der Waals surface area (Å²) in [5, 5.41) is 11.3. The third kappa shape index (κ3) is 6.58. The van der Waals surface area contributed by atoms with Gasteiger partial charge in [-0.2, -0.15) is 0 Å². The molecule has 1 aliphatic carbocycles. The lowest BCUT2D eigenvalue weighted by Gasteiger charge is -2.37. The van der Waals surface area contributed by atoms with Crippen LogP contribution in [0.15, 0.2) is 12.7 Å². The standard InChI is InChI=1S/C21H39NO/c1-2-21(23)16-12-8-6-4-3-5-7-11-15-20(21)19-22-17-13-9-10-14-18-22/h2,20,23H,1,3-19H2. The summed E-state index contributed by atoms with van der Waals surface area (Å²) < 4.78 is 0. The van der Waals surface area contributed by atoms with Gasteiger partial charge in [0.2, 0.25) is 0 Å². The van der Waals surface area contributed by atoms with Crippen molar-refractivity contribution in [1.29, 1.82) is 0 Å². The summed E-state index contributed by atoms with van der Waals surface area (Å²) in [7, 11) is 0. The monoisotopic (exact) mass is 321 g/mol. The van der Waals surface area contributed by atoms with Crippen molar-refractivity contribution in [2.24, 2.45) is 5.92 Å². The molecular weight excluding hydrogens is 282 g/mol. The van der Waals surface area contributed by atoms with E-state index in [1.807, 2.05) is 6.08 Å². The number of hydrogen-bond donors (Lipinski definition) is 1. The van der Waals surface area contributed by atoms with Crippen molar-refractivity contribution in [2.45, 2.75) is 95.5 Å². The molecule has 1 heterocycles. The van der Waals surface area contributed by atoms with E-state index in [0.717, 1.165) is 19.4 Å².